The van der Waals surface area contributed by atoms with E-state index in [1.54, 1.807) is 0 Å². The van der Waals surface area contributed by atoms with E-state index in [1.807, 2.05) is 19.1 Å². The highest BCUT2D eigenvalue weighted by Crippen LogP contribution is 2.22. The summed E-state index contributed by atoms with van der Waals surface area (Å²) in [5.41, 5.74) is 5.05. The largest absolute Gasteiger partial charge is 0.271 e. The molecule has 2 nitrogen and oxygen atoms in total. The molecule has 0 aliphatic carbocycles. The minimum absolute atomic E-state index is 0.0353. The van der Waals surface area contributed by atoms with Gasteiger partial charge >= 0.3 is 0 Å². The Morgan fingerprint density at radius 3 is 2.86 bits per heavy atom. The molecule has 0 spiro atoms. The Morgan fingerprint density at radius 2 is 2.36 bits per heavy atom. The molecule has 0 aromatic heterocycles. The molecule has 1 aromatic rings. The first-order chi connectivity index (χ1) is 6.69. The van der Waals surface area contributed by atoms with Gasteiger partial charge in [0.25, 0.3) is 0 Å². The van der Waals surface area contributed by atoms with Gasteiger partial charge in [0.15, 0.2) is 0 Å². The van der Waals surface area contributed by atoms with Crippen LogP contribution in [0.25, 0.3) is 0 Å². The average Bonchev–Trinajstić information content (AvgIpc) is 2.15. The zero-order valence-corrected chi connectivity index (χ0v) is 9.64. The van der Waals surface area contributed by atoms with Crippen molar-refractivity contribution in [3.8, 4) is 12.3 Å². The maximum absolute atomic E-state index is 5.44. The van der Waals surface area contributed by atoms with Gasteiger partial charge in [-0.3, -0.25) is 11.3 Å². The number of terminal acetylenes is 1. The summed E-state index contributed by atoms with van der Waals surface area (Å²) in [6, 6.07) is 6.11. The van der Waals surface area contributed by atoms with Crippen LogP contribution in [0.15, 0.2) is 22.7 Å². The fraction of sp³-hybridized carbons (Fsp3) is 0.273. The number of benzene rings is 1. The van der Waals surface area contributed by atoms with Crippen molar-refractivity contribution < 1.29 is 0 Å². The lowest BCUT2D eigenvalue weighted by molar-refractivity contribution is 0.565. The number of hydrogen-bond acceptors (Lipinski definition) is 2. The summed E-state index contributed by atoms with van der Waals surface area (Å²) in [7, 11) is 0. The molecule has 74 valence electrons. The molecule has 1 atom stereocenters. The molecule has 0 aliphatic heterocycles. The van der Waals surface area contributed by atoms with Gasteiger partial charge in [-0.1, -0.05) is 22.0 Å². The van der Waals surface area contributed by atoms with E-state index in [9.17, 15) is 0 Å². The Labute approximate surface area is 93.0 Å². The van der Waals surface area contributed by atoms with E-state index in [0.29, 0.717) is 6.42 Å². The molecule has 0 radical (unpaired) electrons. The maximum atomic E-state index is 5.44. The van der Waals surface area contributed by atoms with Crippen molar-refractivity contribution >= 4 is 15.9 Å². The maximum Gasteiger partial charge on any atom is 0.0571 e. The molecular weight excluding hydrogens is 240 g/mol. The third-order valence-corrected chi connectivity index (χ3v) is 2.62. The van der Waals surface area contributed by atoms with E-state index in [4.69, 9.17) is 12.3 Å². The van der Waals surface area contributed by atoms with Crippen LogP contribution in [0.2, 0.25) is 0 Å². The van der Waals surface area contributed by atoms with Crippen LogP contribution in [-0.2, 0) is 0 Å². The SMILES string of the molecule is C#CCC(NN)c1ccc(Br)cc1C. The van der Waals surface area contributed by atoms with Crippen LogP contribution in [0.1, 0.15) is 23.6 Å². The predicted octanol–water partition coefficient (Wildman–Crippen LogP) is 2.29. The third-order valence-electron chi connectivity index (χ3n) is 2.13. The predicted molar refractivity (Wildman–Crippen MR) is 62.4 cm³/mol. The molecule has 0 bridgehead atoms. The fourth-order valence-corrected chi connectivity index (χ4v) is 1.88. The minimum atomic E-state index is 0.0353. The zero-order chi connectivity index (χ0) is 10.6. The number of rotatable bonds is 3. The summed E-state index contributed by atoms with van der Waals surface area (Å²) < 4.78 is 1.07. The number of aryl methyl sites for hydroxylation is 1. The number of nitrogens with two attached hydrogens (primary N) is 1. The quantitative estimate of drug-likeness (QED) is 0.492. The highest BCUT2D eigenvalue weighted by atomic mass is 79.9. The van der Waals surface area contributed by atoms with Crippen LogP contribution < -0.4 is 11.3 Å². The van der Waals surface area contributed by atoms with Crippen LogP contribution in [0, 0.1) is 19.3 Å². The summed E-state index contributed by atoms with van der Waals surface area (Å²) in [4.78, 5) is 0. The van der Waals surface area contributed by atoms with Gasteiger partial charge in [-0.2, -0.15) is 0 Å². The Kier molecular flexibility index (Phi) is 4.15. The Balaban J connectivity index is 2.99. The molecule has 3 heteroatoms. The van der Waals surface area contributed by atoms with Crippen molar-refractivity contribution in [3.05, 3.63) is 33.8 Å². The first-order valence-electron chi connectivity index (χ1n) is 4.34. The van der Waals surface area contributed by atoms with Crippen molar-refractivity contribution in [1.29, 1.82) is 0 Å². The summed E-state index contributed by atoms with van der Waals surface area (Å²) in [5.74, 6) is 8.05. The van der Waals surface area contributed by atoms with Crippen molar-refractivity contribution in [2.24, 2.45) is 5.84 Å². The minimum Gasteiger partial charge on any atom is -0.271 e. The van der Waals surface area contributed by atoms with Crippen LogP contribution in [-0.4, -0.2) is 0 Å². The first-order valence-corrected chi connectivity index (χ1v) is 5.14. The smallest absolute Gasteiger partial charge is 0.0571 e. The second kappa shape index (κ2) is 5.16. The second-order valence-electron chi connectivity index (χ2n) is 3.13. The number of halogens is 1. The van der Waals surface area contributed by atoms with E-state index in [2.05, 4.69) is 33.3 Å². The topological polar surface area (TPSA) is 38.0 Å². The summed E-state index contributed by atoms with van der Waals surface area (Å²) >= 11 is 3.41. The highest BCUT2D eigenvalue weighted by Gasteiger charge is 2.10. The molecule has 1 rings (SSSR count). The summed E-state index contributed by atoms with van der Waals surface area (Å²) in [6.07, 6.45) is 5.86. The van der Waals surface area contributed by atoms with Crippen molar-refractivity contribution in [2.75, 3.05) is 0 Å². The third kappa shape index (κ3) is 2.58. The Hall–Kier alpha value is -0.820. The van der Waals surface area contributed by atoms with Gasteiger partial charge in [0.05, 0.1) is 6.04 Å². The molecule has 0 aliphatic rings. The van der Waals surface area contributed by atoms with E-state index in [0.717, 1.165) is 10.0 Å². The average molecular weight is 253 g/mol. The van der Waals surface area contributed by atoms with Gasteiger partial charge < -0.3 is 0 Å². The normalized spacial score (nSPS) is 12.1. The molecule has 0 saturated carbocycles. The zero-order valence-electron chi connectivity index (χ0n) is 8.05. The molecule has 1 aromatic carbocycles. The number of hydrazine groups is 1. The van der Waals surface area contributed by atoms with Gasteiger partial charge in [0, 0.05) is 10.9 Å². The molecule has 3 N–H and O–H groups in total. The lowest BCUT2D eigenvalue weighted by Gasteiger charge is -2.16. The van der Waals surface area contributed by atoms with Gasteiger partial charge in [0.2, 0.25) is 0 Å². The van der Waals surface area contributed by atoms with Gasteiger partial charge in [-0.15, -0.1) is 12.3 Å². The standard InChI is InChI=1S/C11H13BrN2/c1-3-4-11(14-13)10-6-5-9(12)7-8(10)2/h1,5-7,11,14H,4,13H2,2H3. The highest BCUT2D eigenvalue weighted by molar-refractivity contribution is 9.10. The van der Waals surface area contributed by atoms with E-state index in [1.165, 1.54) is 5.56 Å². The van der Waals surface area contributed by atoms with E-state index in [-0.39, 0.29) is 6.04 Å². The summed E-state index contributed by atoms with van der Waals surface area (Å²) in [5, 5.41) is 0. The molecule has 0 fully saturated rings. The second-order valence-corrected chi connectivity index (χ2v) is 4.04. The number of hydrogen-bond donors (Lipinski definition) is 2. The Morgan fingerprint density at radius 1 is 1.64 bits per heavy atom. The van der Waals surface area contributed by atoms with Gasteiger partial charge in [0.1, 0.15) is 0 Å². The van der Waals surface area contributed by atoms with Crippen LogP contribution in [0.5, 0.6) is 0 Å². The van der Waals surface area contributed by atoms with Crippen molar-refractivity contribution in [2.45, 2.75) is 19.4 Å². The van der Waals surface area contributed by atoms with E-state index < -0.39 is 0 Å². The van der Waals surface area contributed by atoms with Crippen molar-refractivity contribution in [1.82, 2.24) is 5.43 Å². The first kappa shape index (κ1) is 11.3. The van der Waals surface area contributed by atoms with Crippen LogP contribution >= 0.6 is 15.9 Å². The molecule has 14 heavy (non-hydrogen) atoms. The molecular formula is C11H13BrN2. The molecule has 0 amide bonds. The molecule has 0 heterocycles. The Bertz CT molecular complexity index is 355. The van der Waals surface area contributed by atoms with Crippen LogP contribution in [0.4, 0.5) is 0 Å². The molecule has 0 saturated heterocycles. The fourth-order valence-electron chi connectivity index (χ4n) is 1.41. The van der Waals surface area contributed by atoms with E-state index >= 15 is 0 Å². The summed E-state index contributed by atoms with van der Waals surface area (Å²) in [6.45, 7) is 2.04. The van der Waals surface area contributed by atoms with Gasteiger partial charge in [-0.25, -0.2) is 0 Å². The monoisotopic (exact) mass is 252 g/mol. The lowest BCUT2D eigenvalue weighted by atomic mass is 10.00. The molecule has 1 unspecified atom stereocenters. The lowest BCUT2D eigenvalue weighted by Crippen LogP contribution is -2.28. The number of nitrogens with one attached hydrogen (secondary N) is 1. The van der Waals surface area contributed by atoms with Gasteiger partial charge in [-0.05, 0) is 30.2 Å². The van der Waals surface area contributed by atoms with Crippen molar-refractivity contribution in [3.63, 3.8) is 0 Å². The van der Waals surface area contributed by atoms with Crippen LogP contribution in [0.3, 0.4) is 0 Å².